The third-order valence-electron chi connectivity index (χ3n) is 1.01. The quantitative estimate of drug-likeness (QED) is 0.832. The Labute approximate surface area is 76.7 Å². The lowest BCUT2D eigenvalue weighted by Crippen LogP contribution is -2.21. The second-order valence-corrected chi connectivity index (χ2v) is 4.39. The lowest BCUT2D eigenvalue weighted by atomic mass is 10.5. The van der Waals surface area contributed by atoms with Crippen molar-refractivity contribution < 1.29 is 4.79 Å². The Bertz CT molecular complexity index is 261. The van der Waals surface area contributed by atoms with Crippen molar-refractivity contribution in [1.29, 1.82) is 0 Å². The first-order chi connectivity index (χ1) is 5.18. The van der Waals surface area contributed by atoms with Crippen LogP contribution in [0.2, 0.25) is 0 Å². The largest absolute Gasteiger partial charge is 0.368 e. The van der Waals surface area contributed by atoms with Crippen LogP contribution in [0.1, 0.15) is 0 Å². The van der Waals surface area contributed by atoms with E-state index in [0.29, 0.717) is 0 Å². The van der Waals surface area contributed by atoms with Crippen LogP contribution in [0.4, 0.5) is 5.00 Å². The fourth-order valence-corrected chi connectivity index (χ4v) is 1.87. The van der Waals surface area contributed by atoms with E-state index in [4.69, 9.17) is 5.73 Å². The zero-order valence-electron chi connectivity index (χ0n) is 5.63. The Morgan fingerprint density at radius 1 is 1.73 bits per heavy atom. The fraction of sp³-hybridized carbons (Fsp3) is 0.167. The lowest BCUT2D eigenvalue weighted by Gasteiger charge is -1.96. The van der Waals surface area contributed by atoms with E-state index in [2.05, 4.69) is 21.2 Å². The van der Waals surface area contributed by atoms with Gasteiger partial charge in [0.15, 0.2) is 0 Å². The maximum Gasteiger partial charge on any atom is 0.236 e. The second-order valence-electron chi connectivity index (χ2n) is 1.92. The third-order valence-corrected chi connectivity index (χ3v) is 2.59. The van der Waals surface area contributed by atoms with Crippen molar-refractivity contribution in [3.05, 3.63) is 15.9 Å². The normalized spacial score (nSPS) is 9.55. The molecule has 0 fully saturated rings. The second kappa shape index (κ2) is 3.73. The van der Waals surface area contributed by atoms with Crippen molar-refractivity contribution in [2.75, 3.05) is 11.9 Å². The van der Waals surface area contributed by atoms with E-state index in [1.165, 1.54) is 11.3 Å². The highest BCUT2D eigenvalue weighted by atomic mass is 79.9. The Kier molecular flexibility index (Phi) is 2.90. The molecule has 0 saturated carbocycles. The molecule has 0 bridgehead atoms. The van der Waals surface area contributed by atoms with Crippen LogP contribution < -0.4 is 11.1 Å². The fourth-order valence-electron chi connectivity index (χ4n) is 0.584. The standard InChI is InChI=1S/C6H7BrN2OS/c7-4-1-2-6(11-4)9-3-5(8)10/h1-2,9H,3H2,(H2,8,10). The molecule has 5 heteroatoms. The van der Waals surface area contributed by atoms with E-state index in [-0.39, 0.29) is 12.5 Å². The molecule has 0 saturated heterocycles. The Hall–Kier alpha value is -0.550. The molecular formula is C6H7BrN2OS. The van der Waals surface area contributed by atoms with Gasteiger partial charge in [0.25, 0.3) is 0 Å². The summed E-state index contributed by atoms with van der Waals surface area (Å²) in [5.74, 6) is -0.352. The molecule has 3 nitrogen and oxygen atoms in total. The molecule has 0 aliphatic carbocycles. The lowest BCUT2D eigenvalue weighted by molar-refractivity contribution is -0.116. The van der Waals surface area contributed by atoms with Crippen LogP contribution in [-0.4, -0.2) is 12.5 Å². The molecule has 0 aliphatic heterocycles. The number of hydrogen-bond acceptors (Lipinski definition) is 3. The molecule has 1 aromatic rings. The SMILES string of the molecule is NC(=O)CNc1ccc(Br)s1. The predicted octanol–water partition coefficient (Wildman–Crippen LogP) is 1.41. The van der Waals surface area contributed by atoms with Crippen LogP contribution in [0.3, 0.4) is 0 Å². The van der Waals surface area contributed by atoms with E-state index >= 15 is 0 Å². The van der Waals surface area contributed by atoms with Gasteiger partial charge in [0.05, 0.1) is 15.3 Å². The van der Waals surface area contributed by atoms with Gasteiger partial charge in [-0.05, 0) is 28.1 Å². The number of carbonyl (C=O) groups excluding carboxylic acids is 1. The molecule has 1 aromatic heterocycles. The van der Waals surface area contributed by atoms with E-state index in [9.17, 15) is 4.79 Å². The van der Waals surface area contributed by atoms with Gasteiger partial charge in [0.1, 0.15) is 0 Å². The number of anilines is 1. The summed E-state index contributed by atoms with van der Waals surface area (Å²) in [7, 11) is 0. The van der Waals surface area contributed by atoms with Crippen molar-refractivity contribution in [2.45, 2.75) is 0 Å². The summed E-state index contributed by atoms with van der Waals surface area (Å²) in [6.07, 6.45) is 0. The molecule has 1 amide bonds. The minimum atomic E-state index is -0.352. The number of hydrogen-bond donors (Lipinski definition) is 2. The minimum Gasteiger partial charge on any atom is -0.368 e. The molecular weight excluding hydrogens is 228 g/mol. The maximum absolute atomic E-state index is 10.3. The zero-order chi connectivity index (χ0) is 8.27. The highest BCUT2D eigenvalue weighted by Gasteiger charge is 1.97. The Balaban J connectivity index is 2.45. The van der Waals surface area contributed by atoms with E-state index in [0.717, 1.165) is 8.79 Å². The summed E-state index contributed by atoms with van der Waals surface area (Å²) in [5.41, 5.74) is 4.94. The van der Waals surface area contributed by atoms with Crippen molar-refractivity contribution in [3.63, 3.8) is 0 Å². The maximum atomic E-state index is 10.3. The first-order valence-corrected chi connectivity index (χ1v) is 4.57. The van der Waals surface area contributed by atoms with Crippen molar-refractivity contribution in [3.8, 4) is 0 Å². The summed E-state index contributed by atoms with van der Waals surface area (Å²) >= 11 is 4.83. The van der Waals surface area contributed by atoms with Gasteiger partial charge in [0, 0.05) is 0 Å². The molecule has 1 rings (SSSR count). The van der Waals surface area contributed by atoms with Gasteiger partial charge < -0.3 is 11.1 Å². The summed E-state index contributed by atoms with van der Waals surface area (Å²) < 4.78 is 1.03. The van der Waals surface area contributed by atoms with Crippen LogP contribution >= 0.6 is 27.3 Å². The molecule has 3 N–H and O–H groups in total. The van der Waals surface area contributed by atoms with E-state index in [1.807, 2.05) is 12.1 Å². The molecule has 0 atom stereocenters. The van der Waals surface area contributed by atoms with Crippen LogP contribution in [0.5, 0.6) is 0 Å². The Morgan fingerprint density at radius 2 is 2.45 bits per heavy atom. The molecule has 0 unspecified atom stereocenters. The molecule has 0 spiro atoms. The number of rotatable bonds is 3. The molecule has 0 aliphatic rings. The van der Waals surface area contributed by atoms with Crippen LogP contribution in [0.15, 0.2) is 15.9 Å². The van der Waals surface area contributed by atoms with E-state index < -0.39 is 0 Å². The summed E-state index contributed by atoms with van der Waals surface area (Å²) in [5, 5.41) is 3.82. The topological polar surface area (TPSA) is 55.1 Å². The summed E-state index contributed by atoms with van der Waals surface area (Å²) in [6, 6.07) is 3.80. The molecule has 0 radical (unpaired) electrons. The zero-order valence-corrected chi connectivity index (χ0v) is 8.04. The number of amides is 1. The van der Waals surface area contributed by atoms with E-state index in [1.54, 1.807) is 0 Å². The molecule has 0 aromatic carbocycles. The van der Waals surface area contributed by atoms with Gasteiger partial charge in [-0.15, -0.1) is 11.3 Å². The van der Waals surface area contributed by atoms with Crippen LogP contribution in [0, 0.1) is 0 Å². The van der Waals surface area contributed by atoms with Crippen LogP contribution in [0.25, 0.3) is 0 Å². The van der Waals surface area contributed by atoms with Gasteiger partial charge >= 0.3 is 0 Å². The first-order valence-electron chi connectivity index (χ1n) is 2.96. The summed E-state index contributed by atoms with van der Waals surface area (Å²) in [6.45, 7) is 0.187. The number of primary amides is 1. The van der Waals surface area contributed by atoms with Gasteiger partial charge in [0.2, 0.25) is 5.91 Å². The third kappa shape index (κ3) is 2.90. The van der Waals surface area contributed by atoms with Gasteiger partial charge in [-0.25, -0.2) is 0 Å². The summed E-state index contributed by atoms with van der Waals surface area (Å²) in [4.78, 5) is 10.3. The molecule has 1 heterocycles. The highest BCUT2D eigenvalue weighted by Crippen LogP contribution is 2.25. The number of nitrogens with two attached hydrogens (primary N) is 1. The van der Waals surface area contributed by atoms with Gasteiger partial charge in [-0.2, -0.15) is 0 Å². The smallest absolute Gasteiger partial charge is 0.236 e. The van der Waals surface area contributed by atoms with Gasteiger partial charge in [-0.3, -0.25) is 4.79 Å². The average molecular weight is 235 g/mol. The average Bonchev–Trinajstić information content (AvgIpc) is 2.31. The van der Waals surface area contributed by atoms with Crippen molar-refractivity contribution in [2.24, 2.45) is 5.73 Å². The number of thiophene rings is 1. The Morgan fingerprint density at radius 3 is 2.91 bits per heavy atom. The number of carbonyl (C=O) groups is 1. The van der Waals surface area contributed by atoms with Gasteiger partial charge in [-0.1, -0.05) is 0 Å². The molecule has 11 heavy (non-hydrogen) atoms. The highest BCUT2D eigenvalue weighted by molar-refractivity contribution is 9.11. The predicted molar refractivity (Wildman–Crippen MR) is 49.7 cm³/mol. The number of halogens is 1. The minimum absolute atomic E-state index is 0.187. The molecule has 60 valence electrons. The van der Waals surface area contributed by atoms with Crippen LogP contribution in [-0.2, 0) is 4.79 Å². The number of nitrogens with one attached hydrogen (secondary N) is 1. The first kappa shape index (κ1) is 8.55. The van der Waals surface area contributed by atoms with Crippen molar-refractivity contribution in [1.82, 2.24) is 0 Å². The van der Waals surface area contributed by atoms with Crippen molar-refractivity contribution >= 4 is 38.2 Å². The monoisotopic (exact) mass is 234 g/mol.